The van der Waals surface area contributed by atoms with Gasteiger partial charge in [-0.3, -0.25) is 14.9 Å². The van der Waals surface area contributed by atoms with E-state index in [1.807, 2.05) is 30.3 Å². The van der Waals surface area contributed by atoms with Crippen LogP contribution in [0.4, 0.5) is 0 Å². The van der Waals surface area contributed by atoms with E-state index in [0.717, 1.165) is 5.56 Å². The Morgan fingerprint density at radius 2 is 2.08 bits per heavy atom. The SMILES string of the molecule is CCOC(=O)[C@H](NC(=O)Cc1ccccc1)[C@@H]1N[C@H](C(=O)O)CS1. The van der Waals surface area contributed by atoms with Gasteiger partial charge in [0.1, 0.15) is 6.04 Å². The Hall–Kier alpha value is -2.06. The first-order valence-electron chi connectivity index (χ1n) is 7.61. The molecule has 1 amide bonds. The summed E-state index contributed by atoms with van der Waals surface area (Å²) in [7, 11) is 0. The number of ether oxygens (including phenoxy) is 1. The van der Waals surface area contributed by atoms with Gasteiger partial charge in [-0.1, -0.05) is 30.3 Å². The molecule has 2 rings (SSSR count). The molecule has 3 N–H and O–H groups in total. The molecule has 0 aromatic heterocycles. The Morgan fingerprint density at radius 3 is 2.67 bits per heavy atom. The first kappa shape index (κ1) is 18.3. The highest BCUT2D eigenvalue weighted by molar-refractivity contribution is 8.00. The van der Waals surface area contributed by atoms with Crippen molar-refractivity contribution in [1.82, 2.24) is 10.6 Å². The first-order valence-corrected chi connectivity index (χ1v) is 8.66. The molecule has 0 spiro atoms. The summed E-state index contributed by atoms with van der Waals surface area (Å²) in [6.45, 7) is 1.86. The lowest BCUT2D eigenvalue weighted by Crippen LogP contribution is -2.54. The molecule has 0 saturated carbocycles. The highest BCUT2D eigenvalue weighted by Gasteiger charge is 2.39. The van der Waals surface area contributed by atoms with E-state index in [-0.39, 0.29) is 18.9 Å². The second kappa shape index (κ2) is 8.70. The topological polar surface area (TPSA) is 105 Å². The predicted molar refractivity (Wildman–Crippen MR) is 89.5 cm³/mol. The molecule has 1 fully saturated rings. The van der Waals surface area contributed by atoms with Gasteiger partial charge in [0, 0.05) is 5.75 Å². The number of amides is 1. The van der Waals surface area contributed by atoms with Gasteiger partial charge in [0.15, 0.2) is 6.04 Å². The summed E-state index contributed by atoms with van der Waals surface area (Å²) in [6, 6.07) is 7.48. The number of carboxylic acids is 1. The van der Waals surface area contributed by atoms with Crippen LogP contribution in [0.3, 0.4) is 0 Å². The molecule has 0 aliphatic carbocycles. The van der Waals surface area contributed by atoms with E-state index in [1.165, 1.54) is 11.8 Å². The first-order chi connectivity index (χ1) is 11.5. The number of rotatable bonds is 7. The lowest BCUT2D eigenvalue weighted by molar-refractivity contribution is -0.148. The van der Waals surface area contributed by atoms with Gasteiger partial charge in [-0.25, -0.2) is 4.79 Å². The largest absolute Gasteiger partial charge is 0.480 e. The summed E-state index contributed by atoms with van der Waals surface area (Å²) >= 11 is 1.28. The highest BCUT2D eigenvalue weighted by atomic mass is 32.2. The molecule has 1 aliphatic heterocycles. The van der Waals surface area contributed by atoms with Gasteiger partial charge in [-0.15, -0.1) is 11.8 Å². The third-order valence-electron chi connectivity index (χ3n) is 3.47. The third kappa shape index (κ3) is 4.97. The van der Waals surface area contributed by atoms with Crippen LogP contribution in [0.2, 0.25) is 0 Å². The van der Waals surface area contributed by atoms with Gasteiger partial charge in [0.2, 0.25) is 5.91 Å². The number of aliphatic carboxylic acids is 1. The summed E-state index contributed by atoms with van der Waals surface area (Å²) in [5.74, 6) is -1.55. The number of thioether (sulfide) groups is 1. The maximum Gasteiger partial charge on any atom is 0.331 e. The average molecular weight is 352 g/mol. The van der Waals surface area contributed by atoms with Crippen molar-refractivity contribution in [3.8, 4) is 0 Å². The van der Waals surface area contributed by atoms with Crippen molar-refractivity contribution < 1.29 is 24.2 Å². The van der Waals surface area contributed by atoms with Crippen LogP contribution in [0.25, 0.3) is 0 Å². The molecule has 8 heteroatoms. The molecule has 7 nitrogen and oxygen atoms in total. The van der Waals surface area contributed by atoms with Gasteiger partial charge in [-0.2, -0.15) is 0 Å². The molecule has 0 radical (unpaired) electrons. The van der Waals surface area contributed by atoms with Crippen molar-refractivity contribution in [3.05, 3.63) is 35.9 Å². The van der Waals surface area contributed by atoms with Crippen LogP contribution >= 0.6 is 11.8 Å². The van der Waals surface area contributed by atoms with Gasteiger partial charge >= 0.3 is 11.9 Å². The maximum atomic E-state index is 12.2. The van der Waals surface area contributed by atoms with Crippen molar-refractivity contribution in [1.29, 1.82) is 0 Å². The van der Waals surface area contributed by atoms with Gasteiger partial charge in [0.25, 0.3) is 0 Å². The number of nitrogens with one attached hydrogen (secondary N) is 2. The van der Waals surface area contributed by atoms with Crippen molar-refractivity contribution in [2.24, 2.45) is 0 Å². The van der Waals surface area contributed by atoms with Crippen LogP contribution in [0.5, 0.6) is 0 Å². The summed E-state index contributed by atoms with van der Waals surface area (Å²) in [4.78, 5) is 35.4. The zero-order chi connectivity index (χ0) is 17.5. The van der Waals surface area contributed by atoms with Gasteiger partial charge < -0.3 is 15.2 Å². The molecule has 1 aliphatic rings. The summed E-state index contributed by atoms with van der Waals surface area (Å²) in [5, 5.41) is 14.0. The van der Waals surface area contributed by atoms with Crippen LogP contribution in [-0.2, 0) is 25.5 Å². The fraction of sp³-hybridized carbons (Fsp3) is 0.438. The average Bonchev–Trinajstić information content (AvgIpc) is 3.03. The molecule has 3 atom stereocenters. The minimum absolute atomic E-state index is 0.135. The highest BCUT2D eigenvalue weighted by Crippen LogP contribution is 2.22. The lowest BCUT2D eigenvalue weighted by atomic mass is 10.1. The lowest BCUT2D eigenvalue weighted by Gasteiger charge is -2.23. The third-order valence-corrected chi connectivity index (χ3v) is 4.77. The summed E-state index contributed by atoms with van der Waals surface area (Å²) < 4.78 is 5.01. The van der Waals surface area contributed by atoms with Crippen molar-refractivity contribution >= 4 is 29.6 Å². The van der Waals surface area contributed by atoms with Crippen LogP contribution in [0, 0.1) is 0 Å². The smallest absolute Gasteiger partial charge is 0.331 e. The molecule has 1 aromatic carbocycles. The van der Waals surface area contributed by atoms with E-state index >= 15 is 0 Å². The molecule has 1 heterocycles. The molecular weight excluding hydrogens is 332 g/mol. The van der Waals surface area contributed by atoms with Crippen LogP contribution in [-0.4, -0.2) is 52.8 Å². The molecule has 130 valence electrons. The predicted octanol–water partition coefficient (Wildman–Crippen LogP) is 0.393. The van der Waals surface area contributed by atoms with E-state index < -0.39 is 29.4 Å². The number of carbonyl (C=O) groups excluding carboxylic acids is 2. The monoisotopic (exact) mass is 352 g/mol. The normalized spacial score (nSPS) is 21.0. The van der Waals surface area contributed by atoms with E-state index in [9.17, 15) is 14.4 Å². The van der Waals surface area contributed by atoms with Gasteiger partial charge in [0.05, 0.1) is 18.4 Å². The maximum absolute atomic E-state index is 12.2. The van der Waals surface area contributed by atoms with Crippen LogP contribution in [0.15, 0.2) is 30.3 Å². The Labute approximate surface area is 144 Å². The standard InChI is InChI=1S/C16H20N2O5S/c1-2-23-16(22)13(14-17-11(9-24-14)15(20)21)18-12(19)8-10-6-4-3-5-7-10/h3-7,11,13-14,17H,2,8-9H2,1H3,(H,18,19)(H,20,21)/t11-,13+,14+/m0/s1. The fourth-order valence-corrected chi connectivity index (χ4v) is 3.60. The molecule has 0 bridgehead atoms. The molecule has 1 aromatic rings. The van der Waals surface area contributed by atoms with Crippen LogP contribution < -0.4 is 10.6 Å². The Kier molecular flexibility index (Phi) is 6.62. The second-order valence-electron chi connectivity index (χ2n) is 5.27. The minimum Gasteiger partial charge on any atom is -0.480 e. The van der Waals surface area contributed by atoms with E-state index in [1.54, 1.807) is 6.92 Å². The second-order valence-corrected chi connectivity index (χ2v) is 6.45. The van der Waals surface area contributed by atoms with E-state index in [2.05, 4.69) is 10.6 Å². The summed E-state index contributed by atoms with van der Waals surface area (Å²) in [6.07, 6.45) is 0.135. The zero-order valence-electron chi connectivity index (χ0n) is 13.2. The Morgan fingerprint density at radius 1 is 1.38 bits per heavy atom. The number of hydrogen-bond acceptors (Lipinski definition) is 6. The molecule has 0 unspecified atom stereocenters. The van der Waals surface area contributed by atoms with Gasteiger partial charge in [-0.05, 0) is 12.5 Å². The van der Waals surface area contributed by atoms with Crippen molar-refractivity contribution in [2.45, 2.75) is 30.8 Å². The quantitative estimate of drug-likeness (QED) is 0.610. The summed E-state index contributed by atoms with van der Waals surface area (Å²) in [5.41, 5.74) is 0.827. The molecular formula is C16H20N2O5S. The number of carbonyl (C=O) groups is 3. The number of benzene rings is 1. The van der Waals surface area contributed by atoms with Crippen molar-refractivity contribution in [3.63, 3.8) is 0 Å². The molecule has 24 heavy (non-hydrogen) atoms. The number of esters is 1. The fourth-order valence-electron chi connectivity index (χ4n) is 2.33. The molecule has 1 saturated heterocycles. The number of hydrogen-bond donors (Lipinski definition) is 3. The van der Waals surface area contributed by atoms with E-state index in [4.69, 9.17) is 9.84 Å². The number of carboxylic acid groups (broad SMARTS) is 1. The van der Waals surface area contributed by atoms with Crippen molar-refractivity contribution in [2.75, 3.05) is 12.4 Å². The minimum atomic E-state index is -0.983. The van der Waals surface area contributed by atoms with Crippen LogP contribution in [0.1, 0.15) is 12.5 Å². The van der Waals surface area contributed by atoms with E-state index in [0.29, 0.717) is 5.75 Å². The Bertz CT molecular complexity index is 595. The zero-order valence-corrected chi connectivity index (χ0v) is 14.0. The Balaban J connectivity index is 2.02.